The zero-order valence-corrected chi connectivity index (χ0v) is 13.2. The van der Waals surface area contributed by atoms with Gasteiger partial charge in [-0.15, -0.1) is 0 Å². The lowest BCUT2D eigenvalue weighted by Gasteiger charge is -2.13. The summed E-state index contributed by atoms with van der Waals surface area (Å²) in [5, 5.41) is 8.94. The fourth-order valence-corrected chi connectivity index (χ4v) is 2.26. The van der Waals surface area contributed by atoms with Crippen molar-refractivity contribution >= 4 is 5.91 Å². The fourth-order valence-electron chi connectivity index (χ4n) is 2.26. The number of alkyl halides is 3. The van der Waals surface area contributed by atoms with Crippen LogP contribution in [-0.2, 0) is 19.1 Å². The van der Waals surface area contributed by atoms with Gasteiger partial charge < -0.3 is 5.32 Å². The van der Waals surface area contributed by atoms with Gasteiger partial charge in [-0.1, -0.05) is 19.9 Å². The molecule has 8 heteroatoms. The van der Waals surface area contributed by atoms with Crippen molar-refractivity contribution in [2.24, 2.45) is 5.92 Å². The lowest BCUT2D eigenvalue weighted by molar-refractivity contribution is -0.138. The first kappa shape index (κ1) is 18.0. The molecule has 0 bridgehead atoms. The summed E-state index contributed by atoms with van der Waals surface area (Å²) in [6.45, 7) is 3.64. The van der Waals surface area contributed by atoms with E-state index < -0.39 is 23.5 Å². The topological polar surface area (TPSA) is 57.8 Å². The van der Waals surface area contributed by atoms with E-state index in [1.54, 1.807) is 6.07 Å². The number of amides is 1. The number of aromatic amines is 1. The van der Waals surface area contributed by atoms with Crippen molar-refractivity contribution in [1.82, 2.24) is 15.5 Å². The molecule has 0 radical (unpaired) electrons. The Morgan fingerprint density at radius 3 is 2.62 bits per heavy atom. The summed E-state index contributed by atoms with van der Waals surface area (Å²) in [4.78, 5) is 12.0. The summed E-state index contributed by atoms with van der Waals surface area (Å²) < 4.78 is 51.8. The molecule has 0 spiro atoms. The van der Waals surface area contributed by atoms with E-state index >= 15 is 0 Å². The van der Waals surface area contributed by atoms with Gasteiger partial charge in [0, 0.05) is 12.2 Å². The minimum Gasteiger partial charge on any atom is -0.347 e. The number of hydrogen-bond donors (Lipinski definition) is 2. The van der Waals surface area contributed by atoms with Gasteiger partial charge in [0.05, 0.1) is 5.56 Å². The predicted octanol–water partition coefficient (Wildman–Crippen LogP) is 3.70. The van der Waals surface area contributed by atoms with Crippen LogP contribution >= 0.6 is 0 Å². The molecule has 2 rings (SSSR count). The van der Waals surface area contributed by atoms with Crippen LogP contribution in [0.15, 0.2) is 24.3 Å². The molecule has 2 aromatic rings. The highest BCUT2D eigenvalue weighted by molar-refractivity contribution is 5.92. The highest BCUT2D eigenvalue weighted by Gasteiger charge is 2.33. The second kappa shape index (κ2) is 7.02. The average Bonchev–Trinajstić information content (AvgIpc) is 2.92. The molecule has 0 unspecified atom stereocenters. The predicted molar refractivity (Wildman–Crippen MR) is 79.7 cm³/mol. The monoisotopic (exact) mass is 343 g/mol. The van der Waals surface area contributed by atoms with Crippen LogP contribution in [0.4, 0.5) is 17.6 Å². The minimum absolute atomic E-state index is 0.0984. The van der Waals surface area contributed by atoms with Crippen LogP contribution in [0, 0.1) is 11.7 Å². The summed E-state index contributed by atoms with van der Waals surface area (Å²) in [5.41, 5.74) is -0.449. The number of benzene rings is 1. The van der Waals surface area contributed by atoms with Gasteiger partial charge >= 0.3 is 6.18 Å². The van der Waals surface area contributed by atoms with Crippen LogP contribution in [0.2, 0.25) is 0 Å². The van der Waals surface area contributed by atoms with Crippen LogP contribution in [-0.4, -0.2) is 16.1 Å². The second-order valence-electron chi connectivity index (χ2n) is 5.86. The van der Waals surface area contributed by atoms with Gasteiger partial charge in [0.15, 0.2) is 0 Å². The molecule has 1 heterocycles. The molecule has 0 atom stereocenters. The number of rotatable bonds is 5. The molecule has 2 N–H and O–H groups in total. The van der Waals surface area contributed by atoms with Crippen molar-refractivity contribution in [3.05, 3.63) is 52.6 Å². The van der Waals surface area contributed by atoms with E-state index in [1.165, 1.54) is 0 Å². The Morgan fingerprint density at radius 1 is 1.29 bits per heavy atom. The van der Waals surface area contributed by atoms with Crippen molar-refractivity contribution < 1.29 is 22.4 Å². The normalized spacial score (nSPS) is 11.8. The summed E-state index contributed by atoms with van der Waals surface area (Å²) in [6.07, 6.45) is -3.99. The zero-order valence-electron chi connectivity index (χ0n) is 13.2. The molecule has 0 aliphatic heterocycles. The van der Waals surface area contributed by atoms with E-state index in [1.807, 2.05) is 13.8 Å². The number of H-pyrrole nitrogens is 1. The summed E-state index contributed by atoms with van der Waals surface area (Å²) >= 11 is 0. The lowest BCUT2D eigenvalue weighted by Crippen LogP contribution is -2.25. The second-order valence-corrected chi connectivity index (χ2v) is 5.86. The molecule has 1 amide bonds. The molecule has 0 aliphatic carbocycles. The van der Waals surface area contributed by atoms with Crippen molar-refractivity contribution in [1.29, 1.82) is 0 Å². The number of carbonyl (C=O) groups excluding carboxylic acids is 1. The molecule has 0 fully saturated rings. The first-order valence-electron chi connectivity index (χ1n) is 7.35. The first-order chi connectivity index (χ1) is 11.2. The van der Waals surface area contributed by atoms with Gasteiger partial charge in [-0.3, -0.25) is 9.89 Å². The van der Waals surface area contributed by atoms with E-state index in [-0.39, 0.29) is 17.8 Å². The van der Waals surface area contributed by atoms with E-state index in [0.29, 0.717) is 18.4 Å². The number of aromatic nitrogens is 2. The summed E-state index contributed by atoms with van der Waals surface area (Å²) in [6, 6.07) is 3.90. The Kier molecular flexibility index (Phi) is 5.26. The molecule has 0 saturated heterocycles. The Morgan fingerprint density at radius 2 is 2.00 bits per heavy atom. The Labute approximate surface area is 136 Å². The molecule has 0 saturated carbocycles. The van der Waals surface area contributed by atoms with E-state index in [2.05, 4.69) is 15.5 Å². The third-order valence-corrected chi connectivity index (χ3v) is 3.31. The Bertz CT molecular complexity index is 722. The highest BCUT2D eigenvalue weighted by atomic mass is 19.4. The molecular weight excluding hydrogens is 326 g/mol. The van der Waals surface area contributed by atoms with Crippen LogP contribution in [0.5, 0.6) is 0 Å². The summed E-state index contributed by atoms with van der Waals surface area (Å²) in [7, 11) is 0. The lowest BCUT2D eigenvalue weighted by atomic mass is 10.1. The summed E-state index contributed by atoms with van der Waals surface area (Å²) in [5.74, 6) is -1.21. The SMILES string of the molecule is CC(C)Cc1cc(C(=O)NCc2ccc(F)cc2C(F)(F)F)n[nH]1. The van der Waals surface area contributed by atoms with E-state index in [0.717, 1.165) is 17.8 Å². The smallest absolute Gasteiger partial charge is 0.347 e. The molecule has 130 valence electrons. The van der Waals surface area contributed by atoms with Gasteiger partial charge in [0.1, 0.15) is 11.5 Å². The average molecular weight is 343 g/mol. The maximum absolute atomic E-state index is 13.0. The van der Waals surface area contributed by atoms with Crippen molar-refractivity contribution in [2.45, 2.75) is 33.0 Å². The molecule has 1 aromatic carbocycles. The van der Waals surface area contributed by atoms with Crippen molar-refractivity contribution in [3.8, 4) is 0 Å². The van der Waals surface area contributed by atoms with Gasteiger partial charge in [0.25, 0.3) is 5.91 Å². The quantitative estimate of drug-likeness (QED) is 0.814. The van der Waals surface area contributed by atoms with Crippen molar-refractivity contribution in [3.63, 3.8) is 0 Å². The first-order valence-corrected chi connectivity index (χ1v) is 7.35. The standard InChI is InChI=1S/C16H17F4N3O/c1-9(2)5-12-7-14(23-22-12)15(24)21-8-10-3-4-11(17)6-13(10)16(18,19)20/h3-4,6-7,9H,5,8H2,1-2H3,(H,21,24)(H,22,23). The molecule has 1 aromatic heterocycles. The van der Waals surface area contributed by atoms with Gasteiger partial charge in [0.2, 0.25) is 0 Å². The van der Waals surface area contributed by atoms with Crippen LogP contribution in [0.25, 0.3) is 0 Å². The number of nitrogens with zero attached hydrogens (tertiary/aromatic N) is 1. The van der Waals surface area contributed by atoms with Crippen LogP contribution < -0.4 is 5.32 Å². The van der Waals surface area contributed by atoms with E-state index in [4.69, 9.17) is 0 Å². The Hall–Kier alpha value is -2.38. The number of carbonyl (C=O) groups is 1. The maximum atomic E-state index is 13.0. The molecule has 4 nitrogen and oxygen atoms in total. The van der Waals surface area contributed by atoms with Crippen LogP contribution in [0.3, 0.4) is 0 Å². The third-order valence-electron chi connectivity index (χ3n) is 3.31. The molecule has 24 heavy (non-hydrogen) atoms. The number of halogens is 4. The number of nitrogens with one attached hydrogen (secondary N) is 2. The maximum Gasteiger partial charge on any atom is 0.416 e. The fraction of sp³-hybridized carbons (Fsp3) is 0.375. The highest BCUT2D eigenvalue weighted by Crippen LogP contribution is 2.32. The van der Waals surface area contributed by atoms with Crippen LogP contribution in [0.1, 0.15) is 41.2 Å². The molecular formula is C16H17F4N3O. The number of hydrogen-bond acceptors (Lipinski definition) is 2. The van der Waals surface area contributed by atoms with E-state index in [9.17, 15) is 22.4 Å². The van der Waals surface area contributed by atoms with Gasteiger partial charge in [-0.05, 0) is 36.1 Å². The third kappa shape index (κ3) is 4.56. The van der Waals surface area contributed by atoms with Gasteiger partial charge in [-0.25, -0.2) is 4.39 Å². The largest absolute Gasteiger partial charge is 0.416 e. The van der Waals surface area contributed by atoms with Gasteiger partial charge in [-0.2, -0.15) is 18.3 Å². The molecule has 0 aliphatic rings. The van der Waals surface area contributed by atoms with Crippen molar-refractivity contribution in [2.75, 3.05) is 0 Å². The minimum atomic E-state index is -4.70. The Balaban J connectivity index is 2.08. The zero-order chi connectivity index (χ0) is 17.9.